The summed E-state index contributed by atoms with van der Waals surface area (Å²) in [5, 5.41) is 9.18. The molecule has 90 valence electrons. The molecule has 4 heteroatoms. The third-order valence-electron chi connectivity index (χ3n) is 2.89. The lowest BCUT2D eigenvalue weighted by molar-refractivity contribution is -0.116. The van der Waals surface area contributed by atoms with Crippen molar-refractivity contribution >= 4 is 17.6 Å². The van der Waals surface area contributed by atoms with Crippen LogP contribution in [0.4, 0.5) is 5.69 Å². The van der Waals surface area contributed by atoms with Crippen molar-refractivity contribution in [2.75, 3.05) is 4.90 Å². The fraction of sp³-hybridized carbons (Fsp3) is 0.385. The number of carboxylic acids is 1. The summed E-state index contributed by atoms with van der Waals surface area (Å²) in [6.07, 6.45) is 1.90. The van der Waals surface area contributed by atoms with Gasteiger partial charge < -0.3 is 10.0 Å². The Morgan fingerprint density at radius 1 is 1.35 bits per heavy atom. The molecular formula is C13H15NO3. The summed E-state index contributed by atoms with van der Waals surface area (Å²) in [6.45, 7) is 3.31. The van der Waals surface area contributed by atoms with Crippen molar-refractivity contribution in [2.24, 2.45) is 0 Å². The van der Waals surface area contributed by atoms with Crippen LogP contribution >= 0.6 is 0 Å². The first kappa shape index (κ1) is 11.6. The maximum absolute atomic E-state index is 11.6. The summed E-state index contributed by atoms with van der Waals surface area (Å²) < 4.78 is 0. The Morgan fingerprint density at radius 3 is 2.47 bits per heavy atom. The van der Waals surface area contributed by atoms with Gasteiger partial charge in [0.25, 0.3) is 0 Å². The van der Waals surface area contributed by atoms with Crippen LogP contribution in [0.2, 0.25) is 0 Å². The number of amides is 1. The molecule has 1 aliphatic rings. The van der Waals surface area contributed by atoms with E-state index in [9.17, 15) is 14.7 Å². The van der Waals surface area contributed by atoms with Crippen LogP contribution in [-0.2, 0) is 4.79 Å². The summed E-state index contributed by atoms with van der Waals surface area (Å²) in [5.74, 6) is -1.09. The van der Waals surface area contributed by atoms with E-state index in [2.05, 4.69) is 0 Å². The maximum atomic E-state index is 11.6. The normalized spacial score (nSPS) is 14.5. The van der Waals surface area contributed by atoms with Crippen LogP contribution in [0.3, 0.4) is 0 Å². The smallest absolute Gasteiger partial charge is 0.337 e. The van der Waals surface area contributed by atoms with E-state index >= 15 is 0 Å². The van der Waals surface area contributed by atoms with Crippen molar-refractivity contribution in [3.8, 4) is 0 Å². The van der Waals surface area contributed by atoms with E-state index in [4.69, 9.17) is 0 Å². The average molecular weight is 233 g/mol. The SMILES string of the molecule is CC(=O)N(c1ccc(C)cc1C(=O)O)C1CC1. The molecule has 0 saturated heterocycles. The van der Waals surface area contributed by atoms with Gasteiger partial charge in [-0.05, 0) is 31.9 Å². The molecule has 0 radical (unpaired) electrons. The van der Waals surface area contributed by atoms with Crippen molar-refractivity contribution in [3.63, 3.8) is 0 Å². The minimum Gasteiger partial charge on any atom is -0.478 e. The lowest BCUT2D eigenvalue weighted by Gasteiger charge is -2.22. The van der Waals surface area contributed by atoms with Gasteiger partial charge in [0.15, 0.2) is 0 Å². The predicted octanol–water partition coefficient (Wildman–Crippen LogP) is 2.21. The zero-order valence-electron chi connectivity index (χ0n) is 9.93. The zero-order chi connectivity index (χ0) is 12.6. The molecule has 0 bridgehead atoms. The Kier molecular flexibility index (Phi) is 2.88. The fourth-order valence-electron chi connectivity index (χ4n) is 1.99. The number of nitrogens with zero attached hydrogens (tertiary/aromatic N) is 1. The topological polar surface area (TPSA) is 57.6 Å². The van der Waals surface area contributed by atoms with E-state index in [1.807, 2.05) is 13.0 Å². The predicted molar refractivity (Wildman–Crippen MR) is 64.3 cm³/mol. The molecule has 2 rings (SSSR count). The van der Waals surface area contributed by atoms with Gasteiger partial charge in [-0.1, -0.05) is 11.6 Å². The van der Waals surface area contributed by atoms with E-state index in [-0.39, 0.29) is 17.5 Å². The second kappa shape index (κ2) is 4.20. The van der Waals surface area contributed by atoms with E-state index in [0.29, 0.717) is 5.69 Å². The highest BCUT2D eigenvalue weighted by atomic mass is 16.4. The third kappa shape index (κ3) is 2.30. The number of carbonyl (C=O) groups excluding carboxylic acids is 1. The van der Waals surface area contributed by atoms with Gasteiger partial charge in [-0.2, -0.15) is 0 Å². The van der Waals surface area contributed by atoms with Gasteiger partial charge in [0.05, 0.1) is 11.3 Å². The molecule has 0 aliphatic heterocycles. The minimum atomic E-state index is -0.990. The average Bonchev–Trinajstić information content (AvgIpc) is 3.04. The van der Waals surface area contributed by atoms with Crippen molar-refractivity contribution in [1.29, 1.82) is 0 Å². The molecule has 0 atom stereocenters. The number of aromatic carboxylic acids is 1. The Labute approximate surface area is 99.9 Å². The third-order valence-corrected chi connectivity index (χ3v) is 2.89. The highest BCUT2D eigenvalue weighted by molar-refractivity contribution is 6.02. The molecule has 1 saturated carbocycles. The molecule has 0 aromatic heterocycles. The van der Waals surface area contributed by atoms with Crippen LogP contribution in [-0.4, -0.2) is 23.0 Å². The van der Waals surface area contributed by atoms with Gasteiger partial charge >= 0.3 is 5.97 Å². The summed E-state index contributed by atoms with van der Waals surface area (Å²) in [5.41, 5.74) is 1.59. The summed E-state index contributed by atoms with van der Waals surface area (Å²) in [7, 11) is 0. The molecule has 0 heterocycles. The van der Waals surface area contributed by atoms with Gasteiger partial charge in [0, 0.05) is 13.0 Å². The van der Waals surface area contributed by atoms with Crippen molar-refractivity contribution in [1.82, 2.24) is 0 Å². The van der Waals surface area contributed by atoms with Crippen LogP contribution in [0.5, 0.6) is 0 Å². The van der Waals surface area contributed by atoms with E-state index < -0.39 is 5.97 Å². The Bertz CT molecular complexity index is 478. The number of anilines is 1. The van der Waals surface area contributed by atoms with E-state index in [1.165, 1.54) is 6.92 Å². The van der Waals surface area contributed by atoms with Crippen molar-refractivity contribution in [3.05, 3.63) is 29.3 Å². The molecule has 1 aliphatic carbocycles. The van der Waals surface area contributed by atoms with Crippen LogP contribution in [0.15, 0.2) is 18.2 Å². The Balaban J connectivity index is 2.48. The van der Waals surface area contributed by atoms with Crippen molar-refractivity contribution in [2.45, 2.75) is 32.7 Å². The van der Waals surface area contributed by atoms with Crippen LogP contribution < -0.4 is 4.90 Å². The Morgan fingerprint density at radius 2 is 2.00 bits per heavy atom. The van der Waals surface area contributed by atoms with Crippen LogP contribution in [0, 0.1) is 6.92 Å². The highest BCUT2D eigenvalue weighted by Crippen LogP contribution is 2.34. The van der Waals surface area contributed by atoms with Gasteiger partial charge in [0.1, 0.15) is 0 Å². The summed E-state index contributed by atoms with van der Waals surface area (Å²) >= 11 is 0. The molecule has 0 unspecified atom stereocenters. The number of carbonyl (C=O) groups is 2. The second-order valence-corrected chi connectivity index (χ2v) is 4.45. The first-order valence-corrected chi connectivity index (χ1v) is 5.64. The fourth-order valence-corrected chi connectivity index (χ4v) is 1.99. The zero-order valence-corrected chi connectivity index (χ0v) is 9.93. The molecule has 0 spiro atoms. The maximum Gasteiger partial charge on any atom is 0.337 e. The first-order chi connectivity index (χ1) is 8.00. The molecule has 1 amide bonds. The molecular weight excluding hydrogens is 218 g/mol. The van der Waals surface area contributed by atoms with E-state index in [1.54, 1.807) is 17.0 Å². The lowest BCUT2D eigenvalue weighted by Crippen LogP contribution is -2.32. The number of benzene rings is 1. The quantitative estimate of drug-likeness (QED) is 0.870. The molecule has 1 fully saturated rings. The number of aryl methyl sites for hydroxylation is 1. The molecule has 4 nitrogen and oxygen atoms in total. The van der Waals surface area contributed by atoms with Gasteiger partial charge in [-0.15, -0.1) is 0 Å². The number of hydrogen-bond acceptors (Lipinski definition) is 2. The molecule has 1 aromatic carbocycles. The summed E-state index contributed by atoms with van der Waals surface area (Å²) in [6, 6.07) is 5.34. The summed E-state index contributed by atoms with van der Waals surface area (Å²) in [4.78, 5) is 24.4. The number of carboxylic acid groups (broad SMARTS) is 1. The highest BCUT2D eigenvalue weighted by Gasteiger charge is 2.33. The second-order valence-electron chi connectivity index (χ2n) is 4.45. The minimum absolute atomic E-state index is 0.0983. The Hall–Kier alpha value is -1.84. The van der Waals surface area contributed by atoms with Gasteiger partial charge in [-0.3, -0.25) is 4.79 Å². The largest absolute Gasteiger partial charge is 0.478 e. The van der Waals surface area contributed by atoms with Gasteiger partial charge in [-0.25, -0.2) is 4.79 Å². The monoisotopic (exact) mass is 233 g/mol. The standard InChI is InChI=1S/C13H15NO3/c1-8-3-6-12(11(7-8)13(16)17)14(9(2)15)10-4-5-10/h3,6-7,10H,4-5H2,1-2H3,(H,16,17). The van der Waals surface area contributed by atoms with E-state index in [0.717, 1.165) is 18.4 Å². The number of rotatable bonds is 3. The first-order valence-electron chi connectivity index (χ1n) is 5.64. The van der Waals surface area contributed by atoms with Gasteiger partial charge in [0.2, 0.25) is 5.91 Å². The number of hydrogen-bond donors (Lipinski definition) is 1. The lowest BCUT2D eigenvalue weighted by atomic mass is 10.1. The van der Waals surface area contributed by atoms with Crippen molar-refractivity contribution < 1.29 is 14.7 Å². The molecule has 1 aromatic rings. The van der Waals surface area contributed by atoms with Crippen LogP contribution in [0.25, 0.3) is 0 Å². The van der Waals surface area contributed by atoms with Crippen LogP contribution in [0.1, 0.15) is 35.7 Å². The molecule has 17 heavy (non-hydrogen) atoms. The molecule has 1 N–H and O–H groups in total.